The van der Waals surface area contributed by atoms with E-state index < -0.39 is 0 Å². The minimum absolute atomic E-state index is 0.283. The lowest BCUT2D eigenvalue weighted by Crippen LogP contribution is -2.46. The second-order valence-electron chi connectivity index (χ2n) is 6.68. The summed E-state index contributed by atoms with van der Waals surface area (Å²) in [5.41, 5.74) is 0.415. The summed E-state index contributed by atoms with van der Waals surface area (Å²) in [6.45, 7) is 2.16. The molecule has 0 aliphatic heterocycles. The van der Waals surface area contributed by atoms with E-state index in [2.05, 4.69) is 33.5 Å². The lowest BCUT2D eigenvalue weighted by atomic mass is 9.84. The summed E-state index contributed by atoms with van der Waals surface area (Å²) in [7, 11) is 0. The first kappa shape index (κ1) is 17.2. The van der Waals surface area contributed by atoms with Gasteiger partial charge < -0.3 is 5.32 Å². The van der Waals surface area contributed by atoms with Crippen molar-refractivity contribution >= 4 is 50.8 Å². The van der Waals surface area contributed by atoms with Crippen LogP contribution >= 0.6 is 39.7 Å². The number of halogens is 2. The number of benzene rings is 1. The zero-order valence-corrected chi connectivity index (χ0v) is 16.1. The maximum Gasteiger partial charge on any atom is 0.258 e. The number of amides is 1. The fourth-order valence-corrected chi connectivity index (χ4v) is 4.94. The van der Waals surface area contributed by atoms with Gasteiger partial charge in [0.05, 0.1) is 10.6 Å². The molecule has 0 heterocycles. The highest BCUT2D eigenvalue weighted by Crippen LogP contribution is 2.49. The summed E-state index contributed by atoms with van der Waals surface area (Å²) in [6, 6.07) is 5.47. The van der Waals surface area contributed by atoms with Crippen LogP contribution in [0.4, 0.5) is 0 Å². The summed E-state index contributed by atoms with van der Waals surface area (Å²) in [4.78, 5) is 12.3. The normalized spacial score (nSPS) is 26.8. The standard InChI is InChI=1S/C17H20BrClN2OS/c1-9(13-7-10-2-3-11(13)6-10)20-17(23)21-16(22)14-8-12(18)4-5-15(14)19/h4-5,8-11,13H,2-3,6-7H2,1H3,(H2,20,21,22,23). The van der Waals surface area contributed by atoms with Gasteiger partial charge in [-0.05, 0) is 74.4 Å². The molecule has 1 aromatic rings. The lowest BCUT2D eigenvalue weighted by Gasteiger charge is -2.29. The van der Waals surface area contributed by atoms with Gasteiger partial charge in [0.1, 0.15) is 0 Å². The van der Waals surface area contributed by atoms with Crippen molar-refractivity contribution in [1.82, 2.24) is 10.6 Å². The Balaban J connectivity index is 1.56. The molecule has 3 nitrogen and oxygen atoms in total. The van der Waals surface area contributed by atoms with Crippen LogP contribution in [0.5, 0.6) is 0 Å². The third-order valence-electron chi connectivity index (χ3n) is 5.19. The van der Waals surface area contributed by atoms with Crippen LogP contribution in [-0.2, 0) is 0 Å². The average molecular weight is 416 g/mol. The molecule has 0 saturated heterocycles. The molecular formula is C17H20BrClN2OS. The molecule has 2 fully saturated rings. The number of hydrogen-bond donors (Lipinski definition) is 2. The Hall–Kier alpha value is -0.650. The maximum atomic E-state index is 12.3. The van der Waals surface area contributed by atoms with Crippen LogP contribution < -0.4 is 10.6 Å². The van der Waals surface area contributed by atoms with Gasteiger partial charge in [-0.2, -0.15) is 0 Å². The number of carbonyl (C=O) groups is 1. The van der Waals surface area contributed by atoms with E-state index in [0.717, 1.165) is 16.3 Å². The van der Waals surface area contributed by atoms with Gasteiger partial charge in [-0.3, -0.25) is 10.1 Å². The Kier molecular flexibility index (Phi) is 5.29. The highest BCUT2D eigenvalue weighted by atomic mass is 79.9. The molecule has 0 aromatic heterocycles. The van der Waals surface area contributed by atoms with Crippen molar-refractivity contribution in [2.45, 2.75) is 38.6 Å². The topological polar surface area (TPSA) is 41.1 Å². The van der Waals surface area contributed by atoms with E-state index in [-0.39, 0.29) is 11.9 Å². The monoisotopic (exact) mass is 414 g/mol. The van der Waals surface area contributed by atoms with Crippen molar-refractivity contribution in [2.24, 2.45) is 17.8 Å². The highest BCUT2D eigenvalue weighted by Gasteiger charge is 2.41. The summed E-state index contributed by atoms with van der Waals surface area (Å²) in [6.07, 6.45) is 5.38. The van der Waals surface area contributed by atoms with Gasteiger partial charge in [0, 0.05) is 10.5 Å². The van der Waals surface area contributed by atoms with Gasteiger partial charge in [-0.1, -0.05) is 34.0 Å². The molecular weight excluding hydrogens is 396 g/mol. The fraction of sp³-hybridized carbons (Fsp3) is 0.529. The molecule has 3 rings (SSSR count). The first-order chi connectivity index (χ1) is 10.9. The smallest absolute Gasteiger partial charge is 0.258 e. The molecule has 124 valence electrons. The summed E-state index contributed by atoms with van der Waals surface area (Å²) in [5, 5.41) is 6.81. The van der Waals surface area contributed by atoms with E-state index in [0.29, 0.717) is 21.6 Å². The van der Waals surface area contributed by atoms with Gasteiger partial charge in [-0.25, -0.2) is 0 Å². The molecule has 6 heteroatoms. The second kappa shape index (κ2) is 7.08. The fourth-order valence-electron chi connectivity index (χ4n) is 4.10. The molecule has 2 saturated carbocycles. The minimum Gasteiger partial charge on any atom is -0.360 e. The van der Waals surface area contributed by atoms with E-state index >= 15 is 0 Å². The van der Waals surface area contributed by atoms with Crippen LogP contribution in [0.25, 0.3) is 0 Å². The van der Waals surface area contributed by atoms with Crippen LogP contribution in [0, 0.1) is 17.8 Å². The van der Waals surface area contributed by atoms with Crippen LogP contribution in [-0.4, -0.2) is 17.1 Å². The molecule has 2 aliphatic rings. The molecule has 0 radical (unpaired) electrons. The predicted octanol–water partition coefficient (Wildman–Crippen LogP) is 4.53. The Morgan fingerprint density at radius 2 is 2.17 bits per heavy atom. The summed E-state index contributed by atoms with van der Waals surface area (Å²) >= 11 is 14.7. The van der Waals surface area contributed by atoms with Gasteiger partial charge in [-0.15, -0.1) is 0 Å². The van der Waals surface area contributed by atoms with Crippen LogP contribution in [0.3, 0.4) is 0 Å². The van der Waals surface area contributed by atoms with Gasteiger partial charge in [0.2, 0.25) is 0 Å². The van der Waals surface area contributed by atoms with Crippen molar-refractivity contribution < 1.29 is 4.79 Å². The zero-order chi connectivity index (χ0) is 16.6. The van der Waals surface area contributed by atoms with Crippen molar-refractivity contribution in [3.05, 3.63) is 33.3 Å². The molecule has 1 amide bonds. The highest BCUT2D eigenvalue weighted by molar-refractivity contribution is 9.10. The van der Waals surface area contributed by atoms with Crippen LogP contribution in [0.2, 0.25) is 5.02 Å². The predicted molar refractivity (Wildman–Crippen MR) is 101 cm³/mol. The number of nitrogens with one attached hydrogen (secondary N) is 2. The number of rotatable bonds is 3. The molecule has 2 aliphatic carbocycles. The molecule has 0 spiro atoms. The number of carbonyl (C=O) groups excluding carboxylic acids is 1. The SMILES string of the molecule is CC(NC(=S)NC(=O)c1cc(Br)ccc1Cl)C1CC2CCC1C2. The van der Waals surface area contributed by atoms with Crippen molar-refractivity contribution in [3.8, 4) is 0 Å². The molecule has 4 atom stereocenters. The van der Waals surface area contributed by atoms with Crippen LogP contribution in [0.15, 0.2) is 22.7 Å². The summed E-state index contributed by atoms with van der Waals surface area (Å²) in [5.74, 6) is 2.10. The number of thiocarbonyl (C=S) groups is 1. The number of fused-ring (bicyclic) bond motifs is 2. The van der Waals surface area contributed by atoms with Crippen molar-refractivity contribution in [2.75, 3.05) is 0 Å². The van der Waals surface area contributed by atoms with E-state index in [9.17, 15) is 4.79 Å². The third kappa shape index (κ3) is 3.89. The van der Waals surface area contributed by atoms with E-state index in [1.807, 2.05) is 0 Å². The first-order valence-corrected chi connectivity index (χ1v) is 9.59. The molecule has 2 N–H and O–H groups in total. The van der Waals surface area contributed by atoms with E-state index in [1.54, 1.807) is 18.2 Å². The molecule has 23 heavy (non-hydrogen) atoms. The Labute approximate surface area is 155 Å². The maximum absolute atomic E-state index is 12.3. The molecule has 4 unspecified atom stereocenters. The Morgan fingerprint density at radius 1 is 1.39 bits per heavy atom. The zero-order valence-electron chi connectivity index (χ0n) is 12.9. The van der Waals surface area contributed by atoms with Crippen LogP contribution in [0.1, 0.15) is 43.0 Å². The molecule has 1 aromatic carbocycles. The van der Waals surface area contributed by atoms with E-state index in [4.69, 9.17) is 23.8 Å². The Bertz CT molecular complexity index is 639. The van der Waals surface area contributed by atoms with Gasteiger partial charge >= 0.3 is 0 Å². The van der Waals surface area contributed by atoms with Gasteiger partial charge in [0.25, 0.3) is 5.91 Å². The summed E-state index contributed by atoms with van der Waals surface area (Å²) < 4.78 is 0.807. The molecule has 2 bridgehead atoms. The largest absolute Gasteiger partial charge is 0.360 e. The van der Waals surface area contributed by atoms with Crippen molar-refractivity contribution in [1.29, 1.82) is 0 Å². The van der Waals surface area contributed by atoms with Crippen molar-refractivity contribution in [3.63, 3.8) is 0 Å². The van der Waals surface area contributed by atoms with E-state index in [1.165, 1.54) is 25.7 Å². The van der Waals surface area contributed by atoms with Gasteiger partial charge in [0.15, 0.2) is 5.11 Å². The average Bonchev–Trinajstić information content (AvgIpc) is 3.12. The second-order valence-corrected chi connectivity index (χ2v) is 8.41. The first-order valence-electron chi connectivity index (χ1n) is 8.01. The third-order valence-corrected chi connectivity index (χ3v) is 6.24. The Morgan fingerprint density at radius 3 is 2.83 bits per heavy atom. The number of hydrogen-bond acceptors (Lipinski definition) is 2. The lowest BCUT2D eigenvalue weighted by molar-refractivity contribution is 0.0976. The minimum atomic E-state index is -0.283. The quantitative estimate of drug-likeness (QED) is 0.713.